The largest absolute Gasteiger partial charge is 0.456 e. The molecule has 0 unspecified atom stereocenters. The predicted octanol–water partition coefficient (Wildman–Crippen LogP) is 12.2. The van der Waals surface area contributed by atoms with E-state index in [1.807, 2.05) is 65.9 Å². The molecule has 0 bridgehead atoms. The molecular weight excluding hydrogens is 645 g/mol. The highest BCUT2D eigenvalue weighted by Crippen LogP contribution is 2.45. The summed E-state index contributed by atoms with van der Waals surface area (Å²) in [5.74, 6) is 1.87. The van der Waals surface area contributed by atoms with E-state index in [0.717, 1.165) is 49.0 Å². The van der Waals surface area contributed by atoms with Crippen LogP contribution in [-0.4, -0.2) is 19.5 Å². The van der Waals surface area contributed by atoms with Gasteiger partial charge in [-0.15, -0.1) is 11.3 Å². The van der Waals surface area contributed by atoms with Gasteiger partial charge in [0, 0.05) is 59.4 Å². The van der Waals surface area contributed by atoms with Gasteiger partial charge >= 0.3 is 0 Å². The third kappa shape index (κ3) is 4.30. The molecule has 0 atom stereocenters. The van der Waals surface area contributed by atoms with Crippen molar-refractivity contribution in [3.05, 3.63) is 158 Å². The topological polar surface area (TPSA) is 56.7 Å². The van der Waals surface area contributed by atoms with E-state index < -0.39 is 0 Å². The summed E-state index contributed by atoms with van der Waals surface area (Å²) in [5.41, 5.74) is 8.01. The highest BCUT2D eigenvalue weighted by atomic mass is 32.1. The first-order valence-corrected chi connectivity index (χ1v) is 17.8. The first-order chi connectivity index (χ1) is 25.3. The van der Waals surface area contributed by atoms with Crippen molar-refractivity contribution in [2.24, 2.45) is 0 Å². The van der Waals surface area contributed by atoms with Crippen LogP contribution < -0.4 is 0 Å². The average molecular weight is 671 g/mol. The van der Waals surface area contributed by atoms with Gasteiger partial charge in [0.25, 0.3) is 0 Å². The summed E-state index contributed by atoms with van der Waals surface area (Å²) in [6, 6.07) is 54.9. The molecule has 238 valence electrons. The van der Waals surface area contributed by atoms with Crippen LogP contribution in [0.5, 0.6) is 0 Å². The Bertz CT molecular complexity index is 3140. The van der Waals surface area contributed by atoms with Crippen LogP contribution in [0, 0.1) is 0 Å². The molecule has 0 saturated heterocycles. The van der Waals surface area contributed by atoms with Gasteiger partial charge in [-0.25, -0.2) is 15.0 Å². The highest BCUT2D eigenvalue weighted by molar-refractivity contribution is 7.27. The quantitative estimate of drug-likeness (QED) is 0.187. The molecule has 0 aliphatic rings. The van der Waals surface area contributed by atoms with Gasteiger partial charge in [0.15, 0.2) is 17.5 Å². The maximum atomic E-state index is 6.26. The third-order valence-corrected chi connectivity index (χ3v) is 11.1. The number of hydrogen-bond donors (Lipinski definition) is 0. The lowest BCUT2D eigenvalue weighted by atomic mass is 10.1. The van der Waals surface area contributed by atoms with Crippen LogP contribution in [0.3, 0.4) is 0 Å². The van der Waals surface area contributed by atoms with Gasteiger partial charge in [0.2, 0.25) is 0 Å². The van der Waals surface area contributed by atoms with Gasteiger partial charge in [0.1, 0.15) is 11.2 Å². The Morgan fingerprint density at radius 3 is 1.92 bits per heavy atom. The number of aromatic nitrogens is 4. The van der Waals surface area contributed by atoms with Crippen molar-refractivity contribution in [2.75, 3.05) is 0 Å². The summed E-state index contributed by atoms with van der Waals surface area (Å²) in [5, 5.41) is 7.05. The fourth-order valence-electron chi connectivity index (χ4n) is 7.53. The van der Waals surface area contributed by atoms with E-state index in [-0.39, 0.29) is 0 Å². The van der Waals surface area contributed by atoms with Crippen LogP contribution in [0.25, 0.3) is 104 Å². The number of thiophene rings is 1. The Labute approximate surface area is 295 Å². The van der Waals surface area contributed by atoms with Crippen LogP contribution in [0.1, 0.15) is 0 Å². The molecule has 5 nitrogen and oxygen atoms in total. The van der Waals surface area contributed by atoms with Crippen LogP contribution >= 0.6 is 11.3 Å². The van der Waals surface area contributed by atoms with E-state index in [1.165, 1.54) is 37.3 Å². The van der Waals surface area contributed by atoms with Crippen molar-refractivity contribution in [2.45, 2.75) is 0 Å². The van der Waals surface area contributed by atoms with Gasteiger partial charge < -0.3 is 8.98 Å². The Kier molecular flexibility index (Phi) is 6.05. The summed E-state index contributed by atoms with van der Waals surface area (Å²) < 4.78 is 11.1. The normalized spacial score (nSPS) is 11.9. The molecule has 4 heterocycles. The number of fused-ring (bicyclic) bond motifs is 10. The van der Waals surface area contributed by atoms with E-state index in [2.05, 4.69) is 108 Å². The zero-order chi connectivity index (χ0) is 33.5. The number of benzene rings is 7. The van der Waals surface area contributed by atoms with Crippen molar-refractivity contribution in [1.82, 2.24) is 19.5 Å². The molecule has 0 N–H and O–H groups in total. The van der Waals surface area contributed by atoms with E-state index in [1.54, 1.807) is 0 Å². The van der Waals surface area contributed by atoms with Crippen LogP contribution in [-0.2, 0) is 0 Å². The first-order valence-electron chi connectivity index (χ1n) is 16.9. The fraction of sp³-hybridized carbons (Fsp3) is 0. The SMILES string of the molecule is c1ccc(-c2nc(-c3ccc4c(c3)oc3ccccc34)nc(-c3cccc4c3sc3c4ccc4c5ccccc5n(-c5ccccc5)c43)n2)cc1. The lowest BCUT2D eigenvalue weighted by molar-refractivity contribution is 0.669. The Morgan fingerprint density at radius 2 is 1.06 bits per heavy atom. The summed E-state index contributed by atoms with van der Waals surface area (Å²) in [6.45, 7) is 0. The Morgan fingerprint density at radius 1 is 0.431 bits per heavy atom. The second-order valence-electron chi connectivity index (χ2n) is 12.8. The van der Waals surface area contributed by atoms with E-state index in [9.17, 15) is 0 Å². The van der Waals surface area contributed by atoms with E-state index in [0.29, 0.717) is 17.5 Å². The molecule has 11 aromatic rings. The van der Waals surface area contributed by atoms with Crippen molar-refractivity contribution in [3.63, 3.8) is 0 Å². The smallest absolute Gasteiger partial charge is 0.165 e. The van der Waals surface area contributed by atoms with E-state index in [4.69, 9.17) is 19.4 Å². The molecule has 6 heteroatoms. The van der Waals surface area contributed by atoms with Crippen LogP contribution in [0.2, 0.25) is 0 Å². The van der Waals surface area contributed by atoms with Crippen molar-refractivity contribution >= 4 is 75.3 Å². The van der Waals surface area contributed by atoms with Gasteiger partial charge in [-0.05, 0) is 42.5 Å². The van der Waals surface area contributed by atoms with Crippen molar-refractivity contribution < 1.29 is 4.42 Å². The van der Waals surface area contributed by atoms with Gasteiger partial charge in [-0.2, -0.15) is 0 Å². The van der Waals surface area contributed by atoms with Crippen molar-refractivity contribution in [3.8, 4) is 39.9 Å². The monoisotopic (exact) mass is 670 g/mol. The molecule has 7 aromatic carbocycles. The molecule has 0 saturated carbocycles. The molecule has 0 fully saturated rings. The number of rotatable bonds is 4. The molecule has 0 spiro atoms. The van der Waals surface area contributed by atoms with Crippen molar-refractivity contribution in [1.29, 1.82) is 0 Å². The Balaban J connectivity index is 1.17. The van der Waals surface area contributed by atoms with E-state index >= 15 is 0 Å². The van der Waals surface area contributed by atoms with Gasteiger partial charge in [-0.1, -0.05) is 115 Å². The lowest BCUT2D eigenvalue weighted by Gasteiger charge is -2.09. The molecule has 11 rings (SSSR count). The van der Waals surface area contributed by atoms with Gasteiger partial charge in [0.05, 0.1) is 15.7 Å². The lowest BCUT2D eigenvalue weighted by Crippen LogP contribution is -2.00. The minimum atomic E-state index is 0.603. The molecule has 0 radical (unpaired) electrons. The number of hydrogen-bond acceptors (Lipinski definition) is 5. The third-order valence-electron chi connectivity index (χ3n) is 9.86. The fourth-order valence-corrected chi connectivity index (χ4v) is 8.88. The van der Waals surface area contributed by atoms with Crippen LogP contribution in [0.15, 0.2) is 162 Å². The number of nitrogens with zero attached hydrogens (tertiary/aromatic N) is 4. The summed E-state index contributed by atoms with van der Waals surface area (Å²) in [7, 11) is 0. The summed E-state index contributed by atoms with van der Waals surface area (Å²) in [6.07, 6.45) is 0. The highest BCUT2D eigenvalue weighted by Gasteiger charge is 2.21. The Hall–Kier alpha value is -6.63. The molecule has 0 aliphatic carbocycles. The molecular formula is C45H26N4OS. The average Bonchev–Trinajstić information content (AvgIpc) is 3.88. The molecule has 0 amide bonds. The molecule has 0 aliphatic heterocycles. The summed E-state index contributed by atoms with van der Waals surface area (Å²) in [4.78, 5) is 15.3. The minimum Gasteiger partial charge on any atom is -0.456 e. The van der Waals surface area contributed by atoms with Crippen LogP contribution in [0.4, 0.5) is 0 Å². The second kappa shape index (κ2) is 10.9. The number of para-hydroxylation sites is 3. The maximum Gasteiger partial charge on any atom is 0.165 e. The minimum absolute atomic E-state index is 0.603. The van der Waals surface area contributed by atoms with Gasteiger partial charge in [-0.3, -0.25) is 0 Å². The second-order valence-corrected chi connectivity index (χ2v) is 13.8. The number of furan rings is 1. The predicted molar refractivity (Wildman–Crippen MR) is 211 cm³/mol. The standard InChI is InChI=1S/C45H26N4OS/c1-3-12-27(13-4-1)43-46-44(28-22-23-32-31-17-8-10-21-38(31)50-39(32)26-28)48-45(47-43)36-19-11-18-34-35-25-24-33-30-16-7-9-20-37(30)49(29-14-5-2-6-15-29)40(33)42(35)51-41(34)36/h1-26H. The summed E-state index contributed by atoms with van der Waals surface area (Å²) >= 11 is 1.81. The first kappa shape index (κ1) is 28.2. The molecule has 51 heavy (non-hydrogen) atoms. The zero-order valence-corrected chi connectivity index (χ0v) is 27.9. The molecule has 4 aromatic heterocycles. The maximum absolute atomic E-state index is 6.26. The zero-order valence-electron chi connectivity index (χ0n) is 27.1.